The van der Waals surface area contributed by atoms with Crippen LogP contribution in [0.4, 0.5) is 5.69 Å². The molecule has 0 radical (unpaired) electrons. The molecule has 1 aromatic carbocycles. The van der Waals surface area contributed by atoms with Gasteiger partial charge >= 0.3 is 5.97 Å². The standard InChI is InChI=1S/C14H15N3O4/c1-3-16(4-2)9-12-13(15-21-14(12)18)10-6-5-7-11(8-10)17(19)20/h5-9H,3-4H2,1-2H3/b12-9-. The molecule has 0 amide bonds. The van der Waals surface area contributed by atoms with Crippen LogP contribution in [0.15, 0.2) is 41.2 Å². The number of nitrogens with zero attached hydrogens (tertiary/aromatic N) is 3. The van der Waals surface area contributed by atoms with Crippen LogP contribution in [0.3, 0.4) is 0 Å². The normalized spacial score (nSPS) is 15.8. The van der Waals surface area contributed by atoms with E-state index in [4.69, 9.17) is 4.84 Å². The van der Waals surface area contributed by atoms with Crippen LogP contribution in [-0.4, -0.2) is 34.6 Å². The molecule has 7 nitrogen and oxygen atoms in total. The Balaban J connectivity index is 2.40. The fourth-order valence-electron chi connectivity index (χ4n) is 1.96. The number of carbonyl (C=O) groups excluding carboxylic acids is 1. The largest absolute Gasteiger partial charge is 0.377 e. The zero-order valence-corrected chi connectivity index (χ0v) is 11.8. The summed E-state index contributed by atoms with van der Waals surface area (Å²) in [4.78, 5) is 28.7. The Morgan fingerprint density at radius 1 is 1.38 bits per heavy atom. The highest BCUT2D eigenvalue weighted by molar-refractivity contribution is 6.28. The Morgan fingerprint density at radius 2 is 2.10 bits per heavy atom. The number of carbonyl (C=O) groups is 1. The number of non-ortho nitro benzene ring substituents is 1. The maximum Gasteiger partial charge on any atom is 0.369 e. The van der Waals surface area contributed by atoms with Crippen molar-refractivity contribution in [3.05, 3.63) is 51.7 Å². The maximum atomic E-state index is 11.8. The first kappa shape index (κ1) is 14.7. The minimum atomic E-state index is -0.552. The van der Waals surface area contributed by atoms with Gasteiger partial charge in [-0.05, 0) is 13.8 Å². The lowest BCUT2D eigenvalue weighted by molar-refractivity contribution is -0.384. The smallest absolute Gasteiger partial charge is 0.369 e. The second kappa shape index (κ2) is 6.17. The molecule has 0 fully saturated rings. The summed E-state index contributed by atoms with van der Waals surface area (Å²) in [5, 5.41) is 14.6. The van der Waals surface area contributed by atoms with E-state index >= 15 is 0 Å². The molecular formula is C14H15N3O4. The van der Waals surface area contributed by atoms with Crippen LogP contribution in [0, 0.1) is 10.1 Å². The number of nitro groups is 1. The van der Waals surface area contributed by atoms with E-state index in [-0.39, 0.29) is 5.69 Å². The second-order valence-electron chi connectivity index (χ2n) is 4.39. The van der Waals surface area contributed by atoms with Crippen LogP contribution in [0.25, 0.3) is 0 Å². The summed E-state index contributed by atoms with van der Waals surface area (Å²) in [7, 11) is 0. The molecule has 0 bridgehead atoms. The average Bonchev–Trinajstić information content (AvgIpc) is 2.85. The van der Waals surface area contributed by atoms with Gasteiger partial charge in [-0.25, -0.2) is 4.79 Å². The van der Waals surface area contributed by atoms with Crippen molar-refractivity contribution >= 4 is 17.4 Å². The maximum absolute atomic E-state index is 11.8. The Bertz CT molecular complexity index is 633. The van der Waals surface area contributed by atoms with Crippen LogP contribution < -0.4 is 0 Å². The Hall–Kier alpha value is -2.70. The van der Waals surface area contributed by atoms with Crippen molar-refractivity contribution in [3.63, 3.8) is 0 Å². The molecule has 0 N–H and O–H groups in total. The van der Waals surface area contributed by atoms with Gasteiger partial charge in [0, 0.05) is 37.0 Å². The number of hydrogen-bond donors (Lipinski definition) is 0. The van der Waals surface area contributed by atoms with Crippen LogP contribution in [0.2, 0.25) is 0 Å². The van der Waals surface area contributed by atoms with E-state index in [0.717, 1.165) is 13.1 Å². The summed E-state index contributed by atoms with van der Waals surface area (Å²) in [6.45, 7) is 5.39. The highest BCUT2D eigenvalue weighted by Gasteiger charge is 2.28. The summed E-state index contributed by atoms with van der Waals surface area (Å²) in [5.41, 5.74) is 1.04. The molecule has 1 heterocycles. The summed E-state index contributed by atoms with van der Waals surface area (Å²) in [6, 6.07) is 5.96. The molecule has 1 aromatic rings. The Labute approximate surface area is 121 Å². The molecule has 110 valence electrons. The fourth-order valence-corrected chi connectivity index (χ4v) is 1.96. The predicted octanol–water partition coefficient (Wildman–Crippen LogP) is 2.08. The lowest BCUT2D eigenvalue weighted by atomic mass is 10.0. The molecule has 0 aliphatic carbocycles. The minimum Gasteiger partial charge on any atom is -0.377 e. The molecule has 7 heteroatoms. The summed E-state index contributed by atoms with van der Waals surface area (Å²) in [5.74, 6) is -0.552. The predicted molar refractivity (Wildman–Crippen MR) is 76.7 cm³/mol. The van der Waals surface area contributed by atoms with Gasteiger partial charge in [-0.1, -0.05) is 17.3 Å². The van der Waals surface area contributed by atoms with Crippen molar-refractivity contribution < 1.29 is 14.6 Å². The molecule has 0 unspecified atom stereocenters. The van der Waals surface area contributed by atoms with Crippen molar-refractivity contribution in [2.45, 2.75) is 13.8 Å². The van der Waals surface area contributed by atoms with E-state index in [1.807, 2.05) is 18.7 Å². The lowest BCUT2D eigenvalue weighted by Gasteiger charge is -2.15. The summed E-state index contributed by atoms with van der Waals surface area (Å²) >= 11 is 0. The van der Waals surface area contributed by atoms with Gasteiger partial charge in [-0.2, -0.15) is 0 Å². The third-order valence-electron chi connectivity index (χ3n) is 3.15. The summed E-state index contributed by atoms with van der Waals surface area (Å²) in [6.07, 6.45) is 1.67. The zero-order chi connectivity index (χ0) is 15.4. The molecule has 1 aliphatic rings. The zero-order valence-electron chi connectivity index (χ0n) is 11.8. The monoisotopic (exact) mass is 289 g/mol. The van der Waals surface area contributed by atoms with Crippen molar-refractivity contribution in [2.24, 2.45) is 5.16 Å². The van der Waals surface area contributed by atoms with Crippen LogP contribution in [-0.2, 0) is 9.63 Å². The van der Waals surface area contributed by atoms with Crippen molar-refractivity contribution in [2.75, 3.05) is 13.1 Å². The van der Waals surface area contributed by atoms with Crippen LogP contribution >= 0.6 is 0 Å². The quantitative estimate of drug-likeness (QED) is 0.358. The second-order valence-corrected chi connectivity index (χ2v) is 4.39. The molecule has 0 saturated carbocycles. The van der Waals surface area contributed by atoms with Crippen LogP contribution in [0.1, 0.15) is 19.4 Å². The first-order chi connectivity index (χ1) is 10.1. The lowest BCUT2D eigenvalue weighted by Crippen LogP contribution is -2.19. The van der Waals surface area contributed by atoms with Crippen LogP contribution in [0.5, 0.6) is 0 Å². The Kier molecular flexibility index (Phi) is 4.32. The van der Waals surface area contributed by atoms with Crippen molar-refractivity contribution in [1.29, 1.82) is 0 Å². The van der Waals surface area contributed by atoms with E-state index in [0.29, 0.717) is 16.8 Å². The van der Waals surface area contributed by atoms with Gasteiger partial charge in [0.25, 0.3) is 5.69 Å². The first-order valence-corrected chi connectivity index (χ1v) is 6.57. The highest BCUT2D eigenvalue weighted by Crippen LogP contribution is 2.21. The topological polar surface area (TPSA) is 85.0 Å². The molecule has 21 heavy (non-hydrogen) atoms. The molecule has 2 rings (SSSR count). The van der Waals surface area contributed by atoms with Crippen molar-refractivity contribution in [1.82, 2.24) is 4.90 Å². The van der Waals surface area contributed by atoms with Crippen molar-refractivity contribution in [3.8, 4) is 0 Å². The first-order valence-electron chi connectivity index (χ1n) is 6.57. The average molecular weight is 289 g/mol. The number of nitro benzene ring substituents is 1. The number of hydrogen-bond acceptors (Lipinski definition) is 6. The van der Waals surface area contributed by atoms with Gasteiger partial charge in [0.1, 0.15) is 11.3 Å². The van der Waals surface area contributed by atoms with Gasteiger partial charge in [0.2, 0.25) is 0 Å². The molecule has 0 atom stereocenters. The van der Waals surface area contributed by atoms with E-state index in [1.165, 1.54) is 12.1 Å². The third kappa shape index (κ3) is 3.07. The Morgan fingerprint density at radius 3 is 2.71 bits per heavy atom. The van der Waals surface area contributed by atoms with E-state index in [9.17, 15) is 14.9 Å². The molecule has 1 aliphatic heterocycles. The molecule has 0 spiro atoms. The van der Waals surface area contributed by atoms with Gasteiger partial charge < -0.3 is 9.74 Å². The number of benzene rings is 1. The fraction of sp³-hybridized carbons (Fsp3) is 0.286. The SMILES string of the molecule is CCN(/C=C1\C(=O)ON=C1c1cccc([N+](=O)[O-])c1)CC. The number of oxime groups is 1. The molecular weight excluding hydrogens is 274 g/mol. The highest BCUT2D eigenvalue weighted by atomic mass is 16.7. The van der Waals surface area contributed by atoms with E-state index < -0.39 is 10.9 Å². The third-order valence-corrected chi connectivity index (χ3v) is 3.15. The van der Waals surface area contributed by atoms with E-state index in [1.54, 1.807) is 18.3 Å². The van der Waals surface area contributed by atoms with Gasteiger partial charge in [-0.3, -0.25) is 10.1 Å². The molecule has 0 saturated heterocycles. The van der Waals surface area contributed by atoms with Gasteiger partial charge in [-0.15, -0.1) is 0 Å². The summed E-state index contributed by atoms with van der Waals surface area (Å²) < 4.78 is 0. The number of rotatable bonds is 5. The van der Waals surface area contributed by atoms with Gasteiger partial charge in [0.05, 0.1) is 4.92 Å². The van der Waals surface area contributed by atoms with Gasteiger partial charge in [0.15, 0.2) is 0 Å². The van der Waals surface area contributed by atoms with E-state index in [2.05, 4.69) is 5.16 Å². The minimum absolute atomic E-state index is 0.0586. The molecule has 0 aromatic heterocycles.